The average molecular weight is 189 g/mol. The lowest BCUT2D eigenvalue weighted by atomic mass is 10.1. The van der Waals surface area contributed by atoms with Crippen molar-refractivity contribution in [3.8, 4) is 0 Å². The highest BCUT2D eigenvalue weighted by Gasteiger charge is 2.00. The number of hydrogen-bond donors (Lipinski definition) is 0. The fourth-order valence-electron chi connectivity index (χ4n) is 1.54. The molecule has 1 aromatic heterocycles. The Kier molecular flexibility index (Phi) is 4.37. The van der Waals surface area contributed by atoms with E-state index in [1.165, 1.54) is 12.0 Å². The summed E-state index contributed by atoms with van der Waals surface area (Å²) in [6, 6.07) is 4.26. The molecule has 0 aliphatic rings. The standard InChI is InChI=1S/C13H19N/c1-4-6-11(3)13-10-12(7-5-2)8-9-14-13/h8-10H,3-7H2,1-2H3. The van der Waals surface area contributed by atoms with Crippen molar-refractivity contribution in [2.45, 2.75) is 39.5 Å². The number of rotatable bonds is 5. The van der Waals surface area contributed by atoms with Crippen LogP contribution in [0.2, 0.25) is 0 Å². The second-order valence-electron chi connectivity index (χ2n) is 3.65. The molecule has 0 fully saturated rings. The topological polar surface area (TPSA) is 12.9 Å². The quantitative estimate of drug-likeness (QED) is 0.685. The highest BCUT2D eigenvalue weighted by atomic mass is 14.7. The van der Waals surface area contributed by atoms with E-state index in [0.29, 0.717) is 0 Å². The van der Waals surface area contributed by atoms with Crippen LogP contribution in [0.5, 0.6) is 0 Å². The van der Waals surface area contributed by atoms with Crippen LogP contribution in [-0.4, -0.2) is 4.98 Å². The van der Waals surface area contributed by atoms with Crippen LogP contribution in [0.3, 0.4) is 0 Å². The second-order valence-corrected chi connectivity index (χ2v) is 3.65. The fourth-order valence-corrected chi connectivity index (χ4v) is 1.54. The van der Waals surface area contributed by atoms with Gasteiger partial charge in [0.05, 0.1) is 5.69 Å². The van der Waals surface area contributed by atoms with Gasteiger partial charge in [0.2, 0.25) is 0 Å². The van der Waals surface area contributed by atoms with E-state index < -0.39 is 0 Å². The van der Waals surface area contributed by atoms with Gasteiger partial charge in [-0.1, -0.05) is 33.3 Å². The second kappa shape index (κ2) is 5.58. The molecule has 0 aliphatic carbocycles. The molecule has 0 N–H and O–H groups in total. The molecule has 0 saturated heterocycles. The third-order valence-corrected chi connectivity index (χ3v) is 2.28. The van der Waals surface area contributed by atoms with Crippen molar-refractivity contribution >= 4 is 5.57 Å². The van der Waals surface area contributed by atoms with E-state index in [-0.39, 0.29) is 0 Å². The van der Waals surface area contributed by atoms with E-state index in [1.54, 1.807) is 0 Å². The molecule has 1 heteroatoms. The number of nitrogens with zero attached hydrogens (tertiary/aromatic N) is 1. The number of aryl methyl sites for hydroxylation is 1. The zero-order valence-corrected chi connectivity index (χ0v) is 9.21. The molecule has 0 aliphatic heterocycles. The van der Waals surface area contributed by atoms with E-state index >= 15 is 0 Å². The Morgan fingerprint density at radius 1 is 1.36 bits per heavy atom. The molecule has 0 saturated carbocycles. The van der Waals surface area contributed by atoms with Gasteiger partial charge in [-0.05, 0) is 36.1 Å². The predicted molar refractivity (Wildman–Crippen MR) is 62.2 cm³/mol. The van der Waals surface area contributed by atoms with Crippen LogP contribution in [0.15, 0.2) is 24.9 Å². The van der Waals surface area contributed by atoms with Crippen LogP contribution in [0.4, 0.5) is 0 Å². The molecule has 0 spiro atoms. The van der Waals surface area contributed by atoms with E-state index in [1.807, 2.05) is 6.20 Å². The largest absolute Gasteiger partial charge is 0.257 e. The van der Waals surface area contributed by atoms with E-state index in [0.717, 1.165) is 30.5 Å². The molecule has 1 aromatic rings. The van der Waals surface area contributed by atoms with Crippen LogP contribution in [-0.2, 0) is 6.42 Å². The number of hydrogen-bond acceptors (Lipinski definition) is 1. The molecule has 0 radical (unpaired) electrons. The zero-order chi connectivity index (χ0) is 10.4. The molecule has 1 heterocycles. The van der Waals surface area contributed by atoms with Crippen LogP contribution in [0.1, 0.15) is 44.4 Å². The highest BCUT2D eigenvalue weighted by molar-refractivity contribution is 5.60. The van der Waals surface area contributed by atoms with Crippen molar-refractivity contribution in [1.82, 2.24) is 4.98 Å². The summed E-state index contributed by atoms with van der Waals surface area (Å²) in [5.74, 6) is 0. The van der Waals surface area contributed by atoms with Gasteiger partial charge in [0.15, 0.2) is 0 Å². The molecule has 0 unspecified atom stereocenters. The van der Waals surface area contributed by atoms with Gasteiger partial charge >= 0.3 is 0 Å². The Balaban J connectivity index is 2.77. The SMILES string of the molecule is C=C(CCC)c1cc(CCC)ccn1. The Morgan fingerprint density at radius 3 is 2.79 bits per heavy atom. The van der Waals surface area contributed by atoms with Crippen molar-refractivity contribution in [2.24, 2.45) is 0 Å². The average Bonchev–Trinajstić information content (AvgIpc) is 2.19. The predicted octanol–water partition coefficient (Wildman–Crippen LogP) is 3.85. The normalized spacial score (nSPS) is 10.1. The summed E-state index contributed by atoms with van der Waals surface area (Å²) in [6.07, 6.45) is 6.39. The lowest BCUT2D eigenvalue weighted by Crippen LogP contribution is -1.91. The first-order chi connectivity index (χ1) is 6.77. The molecule has 0 atom stereocenters. The van der Waals surface area contributed by atoms with Crippen molar-refractivity contribution in [3.63, 3.8) is 0 Å². The summed E-state index contributed by atoms with van der Waals surface area (Å²) >= 11 is 0. The first-order valence-electron chi connectivity index (χ1n) is 5.41. The van der Waals surface area contributed by atoms with Gasteiger partial charge in [0, 0.05) is 6.20 Å². The van der Waals surface area contributed by atoms with Gasteiger partial charge in [-0.2, -0.15) is 0 Å². The molecule has 1 nitrogen and oxygen atoms in total. The van der Waals surface area contributed by atoms with Gasteiger partial charge < -0.3 is 0 Å². The molecular weight excluding hydrogens is 170 g/mol. The van der Waals surface area contributed by atoms with E-state index in [9.17, 15) is 0 Å². The summed E-state index contributed by atoms with van der Waals surface area (Å²) in [4.78, 5) is 4.34. The van der Waals surface area contributed by atoms with Crippen molar-refractivity contribution in [2.75, 3.05) is 0 Å². The minimum atomic E-state index is 1.04. The Morgan fingerprint density at radius 2 is 2.14 bits per heavy atom. The molecule has 14 heavy (non-hydrogen) atoms. The summed E-state index contributed by atoms with van der Waals surface area (Å²) in [5, 5.41) is 0. The fraction of sp³-hybridized carbons (Fsp3) is 0.462. The van der Waals surface area contributed by atoms with E-state index in [2.05, 4.69) is 37.5 Å². The molecule has 1 rings (SSSR count). The molecule has 0 amide bonds. The van der Waals surface area contributed by atoms with Crippen LogP contribution in [0, 0.1) is 0 Å². The van der Waals surface area contributed by atoms with Gasteiger partial charge in [0.25, 0.3) is 0 Å². The zero-order valence-electron chi connectivity index (χ0n) is 9.21. The Bertz CT molecular complexity index is 302. The van der Waals surface area contributed by atoms with Crippen molar-refractivity contribution in [1.29, 1.82) is 0 Å². The maximum Gasteiger partial charge on any atom is 0.0658 e. The molecule has 0 bridgehead atoms. The van der Waals surface area contributed by atoms with Crippen molar-refractivity contribution in [3.05, 3.63) is 36.2 Å². The first kappa shape index (κ1) is 11.0. The van der Waals surface area contributed by atoms with Crippen LogP contribution in [0.25, 0.3) is 5.57 Å². The van der Waals surface area contributed by atoms with Crippen LogP contribution < -0.4 is 0 Å². The highest BCUT2D eigenvalue weighted by Crippen LogP contribution is 2.16. The number of allylic oxidation sites excluding steroid dienone is 1. The summed E-state index contributed by atoms with van der Waals surface area (Å²) in [7, 11) is 0. The Labute approximate surface area is 86.9 Å². The smallest absolute Gasteiger partial charge is 0.0658 e. The summed E-state index contributed by atoms with van der Waals surface area (Å²) in [5.41, 5.74) is 3.60. The Hall–Kier alpha value is -1.11. The monoisotopic (exact) mass is 189 g/mol. The van der Waals surface area contributed by atoms with Gasteiger partial charge in [-0.15, -0.1) is 0 Å². The molecule has 76 valence electrons. The lowest BCUT2D eigenvalue weighted by Gasteiger charge is -2.05. The number of aromatic nitrogens is 1. The first-order valence-corrected chi connectivity index (χ1v) is 5.41. The molecular formula is C13H19N. The van der Waals surface area contributed by atoms with Gasteiger partial charge in [0.1, 0.15) is 0 Å². The van der Waals surface area contributed by atoms with Crippen molar-refractivity contribution < 1.29 is 0 Å². The minimum absolute atomic E-state index is 1.04. The van der Waals surface area contributed by atoms with Gasteiger partial charge in [-0.3, -0.25) is 4.98 Å². The lowest BCUT2D eigenvalue weighted by molar-refractivity contribution is 0.913. The summed E-state index contributed by atoms with van der Waals surface area (Å²) in [6.45, 7) is 8.42. The number of pyridine rings is 1. The minimum Gasteiger partial charge on any atom is -0.257 e. The third kappa shape index (κ3) is 2.99. The van der Waals surface area contributed by atoms with E-state index in [4.69, 9.17) is 0 Å². The third-order valence-electron chi connectivity index (χ3n) is 2.28. The van der Waals surface area contributed by atoms with Crippen LogP contribution >= 0.6 is 0 Å². The molecule has 0 aromatic carbocycles. The maximum atomic E-state index is 4.34. The maximum absolute atomic E-state index is 4.34. The summed E-state index contributed by atoms with van der Waals surface area (Å²) < 4.78 is 0. The van der Waals surface area contributed by atoms with Gasteiger partial charge in [-0.25, -0.2) is 0 Å².